The zero-order valence-corrected chi connectivity index (χ0v) is 12.0. The van der Waals surface area contributed by atoms with Gasteiger partial charge in [-0.25, -0.2) is 8.42 Å². The summed E-state index contributed by atoms with van der Waals surface area (Å²) in [4.78, 5) is 0. The molecule has 1 aromatic carbocycles. The van der Waals surface area contributed by atoms with E-state index in [2.05, 4.69) is 0 Å². The molecule has 5 heteroatoms. The first-order valence-corrected chi connectivity index (χ1v) is 8.29. The van der Waals surface area contributed by atoms with E-state index < -0.39 is 10.0 Å². The first-order valence-electron chi connectivity index (χ1n) is 6.30. The van der Waals surface area contributed by atoms with Gasteiger partial charge in [-0.2, -0.15) is 4.31 Å². The summed E-state index contributed by atoms with van der Waals surface area (Å²) < 4.78 is 26.0. The third-order valence-corrected chi connectivity index (χ3v) is 5.71. The van der Waals surface area contributed by atoms with Gasteiger partial charge in [-0.1, -0.05) is 36.7 Å². The second-order valence-electron chi connectivity index (χ2n) is 4.61. The quantitative estimate of drug-likeness (QED) is 0.853. The minimum absolute atomic E-state index is 0.0877. The van der Waals surface area contributed by atoms with E-state index in [0.717, 1.165) is 18.4 Å². The van der Waals surface area contributed by atoms with Crippen molar-refractivity contribution < 1.29 is 8.42 Å². The molecule has 0 aliphatic carbocycles. The molecule has 1 aliphatic rings. The smallest absolute Gasteiger partial charge is 0.212 e. The maximum atomic E-state index is 12.2. The molecule has 1 aromatic rings. The molecule has 18 heavy (non-hydrogen) atoms. The fourth-order valence-electron chi connectivity index (χ4n) is 2.50. The molecule has 0 saturated carbocycles. The number of hydrogen-bond donors (Lipinski definition) is 0. The molecule has 1 heterocycles. The minimum Gasteiger partial charge on any atom is -0.212 e. The molecule has 0 aromatic heterocycles. The first kappa shape index (κ1) is 13.8. The van der Waals surface area contributed by atoms with Crippen molar-refractivity contribution in [1.82, 2.24) is 4.31 Å². The largest absolute Gasteiger partial charge is 0.214 e. The normalized spacial score (nSPS) is 21.3. The highest BCUT2D eigenvalue weighted by molar-refractivity contribution is 7.89. The van der Waals surface area contributed by atoms with Gasteiger partial charge in [0.25, 0.3) is 0 Å². The molecular formula is C13H18ClNO2S. The van der Waals surface area contributed by atoms with E-state index in [1.165, 1.54) is 0 Å². The Morgan fingerprint density at radius 2 is 2.11 bits per heavy atom. The molecule has 1 atom stereocenters. The van der Waals surface area contributed by atoms with Crippen molar-refractivity contribution in [2.45, 2.75) is 32.2 Å². The van der Waals surface area contributed by atoms with Crippen LogP contribution in [-0.2, 0) is 10.0 Å². The Morgan fingerprint density at radius 3 is 2.78 bits per heavy atom. The lowest BCUT2D eigenvalue weighted by Gasteiger charge is -2.24. The zero-order chi connectivity index (χ0) is 13.2. The fraction of sp³-hybridized carbons (Fsp3) is 0.538. The summed E-state index contributed by atoms with van der Waals surface area (Å²) in [6.07, 6.45) is 2.40. The summed E-state index contributed by atoms with van der Waals surface area (Å²) in [7, 11) is -3.15. The molecule has 1 fully saturated rings. The minimum atomic E-state index is -3.15. The van der Waals surface area contributed by atoms with Crippen molar-refractivity contribution in [3.05, 3.63) is 34.9 Å². The Balaban J connectivity index is 2.31. The van der Waals surface area contributed by atoms with Crippen molar-refractivity contribution in [1.29, 1.82) is 0 Å². The van der Waals surface area contributed by atoms with Gasteiger partial charge in [0.1, 0.15) is 0 Å². The highest BCUT2D eigenvalue weighted by Gasteiger charge is 2.35. The highest BCUT2D eigenvalue weighted by atomic mass is 35.5. The van der Waals surface area contributed by atoms with Crippen LogP contribution in [0.5, 0.6) is 0 Å². The third kappa shape index (κ3) is 2.71. The van der Waals surface area contributed by atoms with Crippen molar-refractivity contribution in [3.8, 4) is 0 Å². The zero-order valence-electron chi connectivity index (χ0n) is 10.5. The van der Waals surface area contributed by atoms with Gasteiger partial charge in [0.2, 0.25) is 10.0 Å². The van der Waals surface area contributed by atoms with E-state index >= 15 is 0 Å². The Bertz CT molecular complexity index is 515. The number of halogens is 1. The molecule has 0 spiro atoms. The standard InChI is InChI=1S/C13H18ClNO2S/c1-2-10-18(16,17)15-9-5-8-13(15)11-6-3-4-7-12(11)14/h3-4,6-7,13H,2,5,8-10H2,1H3. The Hall–Kier alpha value is -0.580. The van der Waals surface area contributed by atoms with E-state index in [4.69, 9.17) is 11.6 Å². The van der Waals surface area contributed by atoms with Crippen molar-refractivity contribution >= 4 is 21.6 Å². The second kappa shape index (κ2) is 5.59. The number of nitrogens with zero attached hydrogens (tertiary/aromatic N) is 1. The van der Waals surface area contributed by atoms with Gasteiger partial charge in [-0.15, -0.1) is 0 Å². The SMILES string of the molecule is CCCS(=O)(=O)N1CCCC1c1ccccc1Cl. The lowest BCUT2D eigenvalue weighted by molar-refractivity contribution is 0.396. The Kier molecular flexibility index (Phi) is 4.30. The maximum absolute atomic E-state index is 12.2. The van der Waals surface area contributed by atoms with Gasteiger partial charge in [0.05, 0.1) is 11.8 Å². The third-order valence-electron chi connectivity index (χ3n) is 3.29. The summed E-state index contributed by atoms with van der Waals surface area (Å²) >= 11 is 6.18. The van der Waals surface area contributed by atoms with Gasteiger partial charge in [0.15, 0.2) is 0 Å². The summed E-state index contributed by atoms with van der Waals surface area (Å²) in [5, 5.41) is 0.654. The fourth-order valence-corrected chi connectivity index (χ4v) is 4.53. The summed E-state index contributed by atoms with van der Waals surface area (Å²) in [5.74, 6) is 0.216. The van der Waals surface area contributed by atoms with Crippen LogP contribution < -0.4 is 0 Å². The van der Waals surface area contributed by atoms with Gasteiger partial charge in [-0.3, -0.25) is 0 Å². The predicted molar refractivity (Wildman–Crippen MR) is 74.2 cm³/mol. The second-order valence-corrected chi connectivity index (χ2v) is 7.05. The molecular weight excluding hydrogens is 270 g/mol. The highest BCUT2D eigenvalue weighted by Crippen LogP contribution is 2.37. The average Bonchev–Trinajstić information content (AvgIpc) is 2.79. The Labute approximate surface area is 114 Å². The predicted octanol–water partition coefficient (Wildman–Crippen LogP) is 3.22. The van der Waals surface area contributed by atoms with Gasteiger partial charge < -0.3 is 0 Å². The number of benzene rings is 1. The monoisotopic (exact) mass is 287 g/mol. The molecule has 1 unspecified atom stereocenters. The van der Waals surface area contributed by atoms with Crippen LogP contribution in [0, 0.1) is 0 Å². The van der Waals surface area contributed by atoms with E-state index in [-0.39, 0.29) is 11.8 Å². The first-order chi connectivity index (χ1) is 8.56. The van der Waals surface area contributed by atoms with Gasteiger partial charge in [0, 0.05) is 11.6 Å². The van der Waals surface area contributed by atoms with Gasteiger partial charge >= 0.3 is 0 Å². The summed E-state index contributed by atoms with van der Waals surface area (Å²) in [5.41, 5.74) is 0.927. The molecule has 0 radical (unpaired) electrons. The van der Waals surface area contributed by atoms with Gasteiger partial charge in [-0.05, 0) is 30.9 Å². The van der Waals surface area contributed by atoms with Crippen LogP contribution in [0.3, 0.4) is 0 Å². The summed E-state index contributed by atoms with van der Waals surface area (Å²) in [6, 6.07) is 7.43. The van der Waals surface area contributed by atoms with Crippen molar-refractivity contribution in [3.63, 3.8) is 0 Å². The van der Waals surface area contributed by atoms with Crippen LogP contribution in [0.4, 0.5) is 0 Å². The molecule has 0 N–H and O–H groups in total. The average molecular weight is 288 g/mol. The van der Waals surface area contributed by atoms with Crippen LogP contribution in [0.15, 0.2) is 24.3 Å². The van der Waals surface area contributed by atoms with Crippen molar-refractivity contribution in [2.24, 2.45) is 0 Å². The molecule has 0 amide bonds. The van der Waals surface area contributed by atoms with Crippen LogP contribution in [-0.4, -0.2) is 25.0 Å². The summed E-state index contributed by atoms with van der Waals surface area (Å²) in [6.45, 7) is 2.50. The number of sulfonamides is 1. The van der Waals surface area contributed by atoms with Crippen LogP contribution >= 0.6 is 11.6 Å². The van der Waals surface area contributed by atoms with Crippen LogP contribution in [0.2, 0.25) is 5.02 Å². The molecule has 3 nitrogen and oxygen atoms in total. The molecule has 100 valence electrons. The maximum Gasteiger partial charge on any atom is 0.214 e. The number of hydrogen-bond acceptors (Lipinski definition) is 2. The van der Waals surface area contributed by atoms with Crippen LogP contribution in [0.1, 0.15) is 37.8 Å². The molecule has 2 rings (SSSR count). The lowest BCUT2D eigenvalue weighted by Crippen LogP contribution is -2.32. The van der Waals surface area contributed by atoms with E-state index in [9.17, 15) is 8.42 Å². The number of rotatable bonds is 4. The van der Waals surface area contributed by atoms with E-state index in [0.29, 0.717) is 18.0 Å². The topological polar surface area (TPSA) is 37.4 Å². The van der Waals surface area contributed by atoms with Crippen LogP contribution in [0.25, 0.3) is 0 Å². The molecule has 0 bridgehead atoms. The van der Waals surface area contributed by atoms with E-state index in [1.54, 1.807) is 4.31 Å². The van der Waals surface area contributed by atoms with Crippen molar-refractivity contribution in [2.75, 3.05) is 12.3 Å². The lowest BCUT2D eigenvalue weighted by atomic mass is 10.1. The Morgan fingerprint density at radius 1 is 1.39 bits per heavy atom. The van der Waals surface area contributed by atoms with E-state index in [1.807, 2.05) is 31.2 Å². The molecule has 1 aliphatic heterocycles. The molecule has 1 saturated heterocycles.